The van der Waals surface area contributed by atoms with Crippen molar-refractivity contribution >= 4 is 17.5 Å². The third-order valence-electron chi connectivity index (χ3n) is 2.94. The highest BCUT2D eigenvalue weighted by molar-refractivity contribution is 6.17. The van der Waals surface area contributed by atoms with Crippen molar-refractivity contribution in [1.82, 2.24) is 5.32 Å². The number of alkyl halides is 1. The topological polar surface area (TPSA) is 29.1 Å². The van der Waals surface area contributed by atoms with Gasteiger partial charge in [-0.2, -0.15) is 0 Å². The zero-order chi connectivity index (χ0) is 13.7. The second-order valence-corrected chi connectivity index (χ2v) is 4.77. The third kappa shape index (κ3) is 3.83. The fraction of sp³-hybridized carbons (Fsp3) is 0.188. The van der Waals surface area contributed by atoms with E-state index in [-0.39, 0.29) is 5.91 Å². The van der Waals surface area contributed by atoms with Crippen LogP contribution in [-0.2, 0) is 12.4 Å². The molecule has 0 aliphatic heterocycles. The molecule has 0 bridgehead atoms. The van der Waals surface area contributed by atoms with E-state index in [4.69, 9.17) is 11.6 Å². The summed E-state index contributed by atoms with van der Waals surface area (Å²) in [6, 6.07) is 15.4. The molecule has 0 atom stereocenters. The molecule has 3 heteroatoms. The predicted octanol–water partition coefficient (Wildman–Crippen LogP) is 3.66. The van der Waals surface area contributed by atoms with E-state index < -0.39 is 0 Å². The van der Waals surface area contributed by atoms with Crippen molar-refractivity contribution in [3.8, 4) is 0 Å². The molecule has 0 spiro atoms. The van der Waals surface area contributed by atoms with E-state index in [0.29, 0.717) is 18.0 Å². The van der Waals surface area contributed by atoms with Gasteiger partial charge in [-0.25, -0.2) is 0 Å². The summed E-state index contributed by atoms with van der Waals surface area (Å²) in [6.07, 6.45) is 0. The molecule has 2 rings (SSSR count). The molecule has 0 fully saturated rings. The van der Waals surface area contributed by atoms with Crippen molar-refractivity contribution in [2.24, 2.45) is 0 Å². The highest BCUT2D eigenvalue weighted by atomic mass is 35.5. The number of carbonyl (C=O) groups is 1. The molecule has 0 aromatic heterocycles. The minimum Gasteiger partial charge on any atom is -0.348 e. The number of halogens is 1. The maximum Gasteiger partial charge on any atom is 0.251 e. The second-order valence-electron chi connectivity index (χ2n) is 4.50. The molecule has 0 aliphatic rings. The van der Waals surface area contributed by atoms with Crippen molar-refractivity contribution in [2.45, 2.75) is 19.3 Å². The Morgan fingerprint density at radius 2 is 1.58 bits per heavy atom. The molecular weight excluding hydrogens is 258 g/mol. The van der Waals surface area contributed by atoms with Crippen LogP contribution in [0.25, 0.3) is 0 Å². The molecule has 0 unspecified atom stereocenters. The van der Waals surface area contributed by atoms with Gasteiger partial charge in [0.05, 0.1) is 0 Å². The van der Waals surface area contributed by atoms with E-state index in [9.17, 15) is 4.79 Å². The van der Waals surface area contributed by atoms with Crippen LogP contribution in [0, 0.1) is 6.92 Å². The van der Waals surface area contributed by atoms with E-state index in [0.717, 1.165) is 16.7 Å². The van der Waals surface area contributed by atoms with Gasteiger partial charge in [-0.15, -0.1) is 11.6 Å². The Morgan fingerprint density at radius 3 is 2.16 bits per heavy atom. The first kappa shape index (κ1) is 13.6. The Hall–Kier alpha value is -1.80. The minimum atomic E-state index is -0.0542. The number of nitrogens with one attached hydrogen (secondary N) is 1. The Kier molecular flexibility index (Phi) is 4.58. The molecule has 2 aromatic carbocycles. The lowest BCUT2D eigenvalue weighted by molar-refractivity contribution is 0.0951. The van der Waals surface area contributed by atoms with Crippen LogP contribution in [0.3, 0.4) is 0 Å². The zero-order valence-corrected chi connectivity index (χ0v) is 11.6. The smallest absolute Gasteiger partial charge is 0.251 e. The molecular formula is C16H16ClNO. The monoisotopic (exact) mass is 273 g/mol. The summed E-state index contributed by atoms with van der Waals surface area (Å²) in [6.45, 7) is 2.52. The van der Waals surface area contributed by atoms with E-state index in [1.165, 1.54) is 0 Å². The fourth-order valence-corrected chi connectivity index (χ4v) is 1.91. The first-order valence-corrected chi connectivity index (χ1v) is 6.71. The zero-order valence-electron chi connectivity index (χ0n) is 10.8. The van der Waals surface area contributed by atoms with Gasteiger partial charge >= 0.3 is 0 Å². The maximum absolute atomic E-state index is 11.9. The summed E-state index contributed by atoms with van der Waals surface area (Å²) in [4.78, 5) is 11.9. The highest BCUT2D eigenvalue weighted by Crippen LogP contribution is 2.07. The Morgan fingerprint density at radius 1 is 1.00 bits per heavy atom. The summed E-state index contributed by atoms with van der Waals surface area (Å²) < 4.78 is 0. The van der Waals surface area contributed by atoms with E-state index in [1.807, 2.05) is 55.5 Å². The number of hydrogen-bond acceptors (Lipinski definition) is 1. The fourth-order valence-electron chi connectivity index (χ4n) is 1.74. The second kappa shape index (κ2) is 6.39. The van der Waals surface area contributed by atoms with Crippen LogP contribution in [-0.4, -0.2) is 5.91 Å². The number of rotatable bonds is 4. The first-order chi connectivity index (χ1) is 9.19. The van der Waals surface area contributed by atoms with Crippen LogP contribution in [0.2, 0.25) is 0 Å². The number of benzene rings is 2. The van der Waals surface area contributed by atoms with Crippen LogP contribution in [0.1, 0.15) is 27.0 Å². The van der Waals surface area contributed by atoms with Gasteiger partial charge in [0, 0.05) is 18.0 Å². The molecule has 2 nitrogen and oxygen atoms in total. The molecule has 19 heavy (non-hydrogen) atoms. The van der Waals surface area contributed by atoms with Crippen molar-refractivity contribution < 1.29 is 4.79 Å². The van der Waals surface area contributed by atoms with Gasteiger partial charge in [0.15, 0.2) is 0 Å². The van der Waals surface area contributed by atoms with Crippen LogP contribution in [0.4, 0.5) is 0 Å². The average molecular weight is 274 g/mol. The minimum absolute atomic E-state index is 0.0542. The van der Waals surface area contributed by atoms with Gasteiger partial charge in [0.1, 0.15) is 0 Å². The molecule has 0 heterocycles. The van der Waals surface area contributed by atoms with Gasteiger partial charge < -0.3 is 5.32 Å². The molecule has 2 aromatic rings. The lowest BCUT2D eigenvalue weighted by Gasteiger charge is -2.06. The predicted molar refractivity (Wildman–Crippen MR) is 78.3 cm³/mol. The van der Waals surface area contributed by atoms with Crippen molar-refractivity contribution in [3.63, 3.8) is 0 Å². The normalized spacial score (nSPS) is 10.2. The molecule has 1 N–H and O–H groups in total. The summed E-state index contributed by atoms with van der Waals surface area (Å²) in [5.74, 6) is 0.456. The summed E-state index contributed by atoms with van der Waals surface area (Å²) in [5.41, 5.74) is 3.97. The lowest BCUT2D eigenvalue weighted by atomic mass is 10.1. The Balaban J connectivity index is 1.94. The van der Waals surface area contributed by atoms with E-state index in [1.54, 1.807) is 0 Å². The molecule has 98 valence electrons. The Bertz CT molecular complexity index is 546. The quantitative estimate of drug-likeness (QED) is 0.846. The summed E-state index contributed by atoms with van der Waals surface area (Å²) in [7, 11) is 0. The summed E-state index contributed by atoms with van der Waals surface area (Å²) >= 11 is 5.73. The maximum atomic E-state index is 11.9. The van der Waals surface area contributed by atoms with Crippen molar-refractivity contribution in [3.05, 3.63) is 70.8 Å². The molecule has 0 saturated carbocycles. The third-order valence-corrected chi connectivity index (χ3v) is 3.25. The van der Waals surface area contributed by atoms with Crippen molar-refractivity contribution in [2.75, 3.05) is 0 Å². The van der Waals surface area contributed by atoms with Gasteiger partial charge in [-0.1, -0.05) is 42.0 Å². The number of carbonyl (C=O) groups excluding carboxylic acids is 1. The molecule has 0 saturated heterocycles. The number of amides is 1. The van der Waals surface area contributed by atoms with Gasteiger partial charge in [-0.3, -0.25) is 4.79 Å². The van der Waals surface area contributed by atoms with Crippen molar-refractivity contribution in [1.29, 1.82) is 0 Å². The van der Waals surface area contributed by atoms with Crippen LogP contribution in [0.15, 0.2) is 48.5 Å². The van der Waals surface area contributed by atoms with Crippen LogP contribution >= 0.6 is 11.6 Å². The molecule has 1 amide bonds. The van der Waals surface area contributed by atoms with E-state index in [2.05, 4.69) is 5.32 Å². The molecule has 0 radical (unpaired) electrons. The lowest BCUT2D eigenvalue weighted by Crippen LogP contribution is -2.22. The van der Waals surface area contributed by atoms with E-state index >= 15 is 0 Å². The van der Waals surface area contributed by atoms with Crippen LogP contribution in [0.5, 0.6) is 0 Å². The highest BCUT2D eigenvalue weighted by Gasteiger charge is 2.04. The van der Waals surface area contributed by atoms with Gasteiger partial charge in [0.25, 0.3) is 5.91 Å². The first-order valence-electron chi connectivity index (χ1n) is 6.17. The SMILES string of the molecule is Cc1ccc(C(=O)NCc2ccc(CCl)cc2)cc1. The average Bonchev–Trinajstić information content (AvgIpc) is 2.46. The number of aryl methyl sites for hydroxylation is 1. The number of hydrogen-bond donors (Lipinski definition) is 1. The van der Waals surface area contributed by atoms with Gasteiger partial charge in [0.2, 0.25) is 0 Å². The largest absolute Gasteiger partial charge is 0.348 e. The summed E-state index contributed by atoms with van der Waals surface area (Å²) in [5, 5.41) is 2.90. The molecule has 0 aliphatic carbocycles. The van der Waals surface area contributed by atoms with Crippen LogP contribution < -0.4 is 5.32 Å². The van der Waals surface area contributed by atoms with Gasteiger partial charge in [-0.05, 0) is 30.2 Å². The standard InChI is InChI=1S/C16H16ClNO/c1-12-2-8-15(9-3-12)16(19)18-11-14-6-4-13(10-17)5-7-14/h2-9H,10-11H2,1H3,(H,18,19). The Labute approximate surface area is 118 Å².